The van der Waals surface area contributed by atoms with Crippen LogP contribution in [0.25, 0.3) is 0 Å². The van der Waals surface area contributed by atoms with Gasteiger partial charge in [0.15, 0.2) is 0 Å². The molecule has 0 aromatic heterocycles. The summed E-state index contributed by atoms with van der Waals surface area (Å²) in [6.45, 7) is 2.78. The van der Waals surface area contributed by atoms with E-state index in [-0.39, 0.29) is 6.42 Å². The van der Waals surface area contributed by atoms with E-state index in [1.807, 2.05) is 30.0 Å². The minimum absolute atomic E-state index is 0.0138. The summed E-state index contributed by atoms with van der Waals surface area (Å²) in [7, 11) is 0. The number of carbonyl (C=O) groups is 1. The van der Waals surface area contributed by atoms with Crippen LogP contribution in [0.3, 0.4) is 0 Å². The maximum atomic E-state index is 10.7. The molecular formula is C13H18O3S. The van der Waals surface area contributed by atoms with E-state index >= 15 is 0 Å². The molecule has 1 aromatic carbocycles. The smallest absolute Gasteiger partial charge is 0.307 e. The van der Waals surface area contributed by atoms with E-state index in [9.17, 15) is 4.79 Å². The Hall–Kier alpha value is -1.16. The van der Waals surface area contributed by atoms with Gasteiger partial charge in [0.25, 0.3) is 0 Å². The summed E-state index contributed by atoms with van der Waals surface area (Å²) in [6, 6.07) is 7.31. The van der Waals surface area contributed by atoms with Gasteiger partial charge in [-0.3, -0.25) is 4.79 Å². The predicted molar refractivity (Wildman–Crippen MR) is 70.9 cm³/mol. The molecule has 0 spiro atoms. The number of carboxylic acids is 1. The zero-order chi connectivity index (χ0) is 12.5. The Morgan fingerprint density at radius 2 is 2.18 bits per heavy atom. The highest BCUT2D eigenvalue weighted by molar-refractivity contribution is 7.99. The van der Waals surface area contributed by atoms with Gasteiger partial charge in [-0.25, -0.2) is 0 Å². The van der Waals surface area contributed by atoms with Crippen molar-refractivity contribution >= 4 is 17.7 Å². The number of rotatable bonds is 8. The second-order valence-electron chi connectivity index (χ2n) is 3.58. The highest BCUT2D eigenvalue weighted by Gasteiger charge is 2.06. The molecule has 0 radical (unpaired) electrons. The van der Waals surface area contributed by atoms with Crippen LogP contribution in [-0.2, 0) is 11.2 Å². The normalized spacial score (nSPS) is 10.2. The quantitative estimate of drug-likeness (QED) is 0.725. The molecule has 4 heteroatoms. The van der Waals surface area contributed by atoms with Gasteiger partial charge in [0.1, 0.15) is 5.75 Å². The van der Waals surface area contributed by atoms with Gasteiger partial charge < -0.3 is 9.84 Å². The summed E-state index contributed by atoms with van der Waals surface area (Å²) in [6.07, 6.45) is 1.000. The van der Waals surface area contributed by atoms with Gasteiger partial charge in [-0.2, -0.15) is 11.8 Å². The number of hydrogen-bond donors (Lipinski definition) is 1. The molecular weight excluding hydrogens is 236 g/mol. The first kappa shape index (κ1) is 13.9. The average Bonchev–Trinajstić information content (AvgIpc) is 2.30. The first-order valence-corrected chi connectivity index (χ1v) is 6.89. The van der Waals surface area contributed by atoms with Gasteiger partial charge in [0.2, 0.25) is 0 Å². The molecule has 0 aliphatic rings. The van der Waals surface area contributed by atoms with Crippen molar-refractivity contribution in [1.29, 1.82) is 0 Å². The van der Waals surface area contributed by atoms with Crippen LogP contribution in [0, 0.1) is 0 Å². The van der Waals surface area contributed by atoms with Crippen LogP contribution in [0.4, 0.5) is 0 Å². The van der Waals surface area contributed by atoms with Gasteiger partial charge in [-0.1, -0.05) is 25.1 Å². The van der Waals surface area contributed by atoms with Crippen molar-refractivity contribution in [3.05, 3.63) is 29.8 Å². The Labute approximate surface area is 106 Å². The van der Waals surface area contributed by atoms with Gasteiger partial charge in [-0.05, 0) is 24.0 Å². The molecule has 0 amide bonds. The molecule has 1 aromatic rings. The SMILES string of the molecule is CCSCCCOc1ccccc1CC(=O)O. The number of carboxylic acid groups (broad SMARTS) is 1. The summed E-state index contributed by atoms with van der Waals surface area (Å²) in [5.74, 6) is 2.06. The molecule has 0 atom stereocenters. The zero-order valence-electron chi connectivity index (χ0n) is 10.0. The third-order valence-electron chi connectivity index (χ3n) is 2.21. The van der Waals surface area contributed by atoms with Crippen molar-refractivity contribution < 1.29 is 14.6 Å². The van der Waals surface area contributed by atoms with Crippen molar-refractivity contribution in [3.8, 4) is 5.75 Å². The molecule has 0 aliphatic heterocycles. The molecule has 0 bridgehead atoms. The van der Waals surface area contributed by atoms with E-state index < -0.39 is 5.97 Å². The van der Waals surface area contributed by atoms with Crippen molar-refractivity contribution in [3.63, 3.8) is 0 Å². The lowest BCUT2D eigenvalue weighted by Gasteiger charge is -2.09. The maximum Gasteiger partial charge on any atom is 0.307 e. The van der Waals surface area contributed by atoms with Crippen LogP contribution in [0.2, 0.25) is 0 Å². The van der Waals surface area contributed by atoms with Gasteiger partial charge in [0, 0.05) is 5.56 Å². The Morgan fingerprint density at radius 1 is 1.41 bits per heavy atom. The van der Waals surface area contributed by atoms with E-state index in [2.05, 4.69) is 6.92 Å². The fourth-order valence-electron chi connectivity index (χ4n) is 1.44. The number of hydrogen-bond acceptors (Lipinski definition) is 3. The fourth-order valence-corrected chi connectivity index (χ4v) is 2.05. The van der Waals surface area contributed by atoms with E-state index in [1.54, 1.807) is 6.07 Å². The second-order valence-corrected chi connectivity index (χ2v) is 4.97. The number of benzene rings is 1. The summed E-state index contributed by atoms with van der Waals surface area (Å²) in [5, 5.41) is 8.77. The topological polar surface area (TPSA) is 46.5 Å². The maximum absolute atomic E-state index is 10.7. The molecule has 0 unspecified atom stereocenters. The third-order valence-corrected chi connectivity index (χ3v) is 3.19. The lowest BCUT2D eigenvalue weighted by atomic mass is 10.1. The van der Waals surface area contributed by atoms with Gasteiger partial charge in [0.05, 0.1) is 13.0 Å². The van der Waals surface area contributed by atoms with E-state index in [1.165, 1.54) is 0 Å². The number of para-hydroxylation sites is 1. The van der Waals surface area contributed by atoms with Crippen molar-refractivity contribution in [2.24, 2.45) is 0 Å². The van der Waals surface area contributed by atoms with Gasteiger partial charge >= 0.3 is 5.97 Å². The van der Waals surface area contributed by atoms with Crippen LogP contribution in [-0.4, -0.2) is 29.2 Å². The molecule has 0 saturated carbocycles. The highest BCUT2D eigenvalue weighted by Crippen LogP contribution is 2.18. The molecule has 0 fully saturated rings. The first-order chi connectivity index (χ1) is 8.24. The van der Waals surface area contributed by atoms with Crippen LogP contribution in [0.1, 0.15) is 18.9 Å². The molecule has 0 aliphatic carbocycles. The van der Waals surface area contributed by atoms with E-state index in [0.29, 0.717) is 12.4 Å². The molecule has 3 nitrogen and oxygen atoms in total. The lowest BCUT2D eigenvalue weighted by Crippen LogP contribution is -2.05. The largest absolute Gasteiger partial charge is 0.493 e. The standard InChI is InChI=1S/C13H18O3S/c1-2-17-9-5-8-16-12-7-4-3-6-11(12)10-13(14)15/h3-4,6-7H,2,5,8-10H2,1H3,(H,14,15). The molecule has 1 N–H and O–H groups in total. The second kappa shape index (κ2) is 8.01. The Balaban J connectivity index is 2.43. The fraction of sp³-hybridized carbons (Fsp3) is 0.462. The molecule has 94 valence electrons. The van der Waals surface area contributed by atoms with Crippen molar-refractivity contribution in [1.82, 2.24) is 0 Å². The highest BCUT2D eigenvalue weighted by atomic mass is 32.2. The summed E-state index contributed by atoms with van der Waals surface area (Å²) in [4.78, 5) is 10.7. The number of ether oxygens (including phenoxy) is 1. The van der Waals surface area contributed by atoms with Crippen molar-refractivity contribution in [2.75, 3.05) is 18.1 Å². The summed E-state index contributed by atoms with van der Waals surface area (Å²) in [5.41, 5.74) is 0.739. The minimum Gasteiger partial charge on any atom is -0.493 e. The molecule has 0 heterocycles. The summed E-state index contributed by atoms with van der Waals surface area (Å²) < 4.78 is 5.61. The monoisotopic (exact) mass is 254 g/mol. The third kappa shape index (κ3) is 5.63. The van der Waals surface area contributed by atoms with Crippen LogP contribution >= 0.6 is 11.8 Å². The Kier molecular flexibility index (Phi) is 6.55. The summed E-state index contributed by atoms with van der Waals surface area (Å²) >= 11 is 1.88. The van der Waals surface area contributed by atoms with Crippen LogP contribution in [0.5, 0.6) is 5.75 Å². The zero-order valence-corrected chi connectivity index (χ0v) is 10.8. The number of aliphatic carboxylic acids is 1. The lowest BCUT2D eigenvalue weighted by molar-refractivity contribution is -0.136. The minimum atomic E-state index is -0.831. The van der Waals surface area contributed by atoms with Crippen LogP contribution < -0.4 is 4.74 Å². The Bertz CT molecular complexity index is 352. The van der Waals surface area contributed by atoms with Gasteiger partial charge in [-0.15, -0.1) is 0 Å². The molecule has 1 rings (SSSR count). The van der Waals surface area contributed by atoms with Crippen LogP contribution in [0.15, 0.2) is 24.3 Å². The first-order valence-electron chi connectivity index (χ1n) is 5.74. The Morgan fingerprint density at radius 3 is 2.88 bits per heavy atom. The van der Waals surface area contributed by atoms with E-state index in [0.717, 1.165) is 23.5 Å². The predicted octanol–water partition coefficient (Wildman–Crippen LogP) is 2.84. The molecule has 17 heavy (non-hydrogen) atoms. The van der Waals surface area contributed by atoms with Crippen molar-refractivity contribution in [2.45, 2.75) is 19.8 Å². The number of thioether (sulfide) groups is 1. The molecule has 0 saturated heterocycles. The average molecular weight is 254 g/mol. The van der Waals surface area contributed by atoms with E-state index in [4.69, 9.17) is 9.84 Å².